The molecule has 4 nitrogen and oxygen atoms in total. The zero-order valence-corrected chi connectivity index (χ0v) is 11.6. The van der Waals surface area contributed by atoms with Crippen molar-refractivity contribution in [3.63, 3.8) is 0 Å². The van der Waals surface area contributed by atoms with E-state index < -0.39 is 10.0 Å². The lowest BCUT2D eigenvalue weighted by Gasteiger charge is -2.23. The number of hydrogen-bond acceptors (Lipinski definition) is 4. The molecule has 0 aromatic heterocycles. The van der Waals surface area contributed by atoms with Crippen LogP contribution in [0.1, 0.15) is 13.3 Å². The fourth-order valence-corrected chi connectivity index (χ4v) is 3.42. The van der Waals surface area contributed by atoms with Crippen molar-refractivity contribution in [1.82, 2.24) is 9.62 Å². The number of sulfonamides is 1. The summed E-state index contributed by atoms with van der Waals surface area (Å²) < 4.78 is 25.1. The van der Waals surface area contributed by atoms with Gasteiger partial charge in [-0.15, -0.1) is 0 Å². The number of rotatable bonds is 8. The minimum Gasteiger partial charge on any atom is -0.320 e. The third kappa shape index (κ3) is 5.75. The van der Waals surface area contributed by atoms with E-state index in [1.165, 1.54) is 4.31 Å². The zero-order chi connectivity index (χ0) is 11.9. The molecule has 0 rings (SSSR count). The van der Waals surface area contributed by atoms with Crippen molar-refractivity contribution >= 4 is 21.8 Å². The van der Waals surface area contributed by atoms with Crippen LogP contribution in [-0.2, 0) is 10.0 Å². The van der Waals surface area contributed by atoms with Gasteiger partial charge >= 0.3 is 0 Å². The van der Waals surface area contributed by atoms with Gasteiger partial charge in [-0.05, 0) is 33.2 Å². The Kier molecular flexibility index (Phi) is 7.60. The second-order valence-corrected chi connectivity index (χ2v) is 6.65. The van der Waals surface area contributed by atoms with Crippen LogP contribution in [0.15, 0.2) is 0 Å². The molecule has 0 heterocycles. The first-order valence-electron chi connectivity index (χ1n) is 5.05. The highest BCUT2D eigenvalue weighted by Crippen LogP contribution is 2.09. The molecule has 0 aliphatic rings. The zero-order valence-electron chi connectivity index (χ0n) is 9.99. The number of thioether (sulfide) groups is 1. The fraction of sp³-hybridized carbons (Fsp3) is 1.00. The summed E-state index contributed by atoms with van der Waals surface area (Å²) in [5, 5.41) is 2.95. The van der Waals surface area contributed by atoms with Crippen LogP contribution in [0, 0.1) is 0 Å². The van der Waals surface area contributed by atoms with Gasteiger partial charge in [0, 0.05) is 18.8 Å². The van der Waals surface area contributed by atoms with Crippen molar-refractivity contribution in [2.45, 2.75) is 19.4 Å². The van der Waals surface area contributed by atoms with E-state index in [-0.39, 0.29) is 11.8 Å². The van der Waals surface area contributed by atoms with E-state index in [9.17, 15) is 8.42 Å². The molecule has 0 saturated heterocycles. The Morgan fingerprint density at radius 3 is 2.53 bits per heavy atom. The van der Waals surface area contributed by atoms with Crippen LogP contribution in [0.4, 0.5) is 0 Å². The Morgan fingerprint density at radius 2 is 2.07 bits per heavy atom. The van der Waals surface area contributed by atoms with Crippen LogP contribution in [0.3, 0.4) is 0 Å². The van der Waals surface area contributed by atoms with Crippen LogP contribution in [0.25, 0.3) is 0 Å². The van der Waals surface area contributed by atoms with Crippen molar-refractivity contribution in [3.8, 4) is 0 Å². The molecule has 1 atom stereocenters. The highest BCUT2D eigenvalue weighted by molar-refractivity contribution is 7.98. The van der Waals surface area contributed by atoms with Gasteiger partial charge in [0.15, 0.2) is 0 Å². The summed E-state index contributed by atoms with van der Waals surface area (Å²) in [6, 6.07) is 0.0691. The maximum Gasteiger partial charge on any atom is 0.214 e. The van der Waals surface area contributed by atoms with Gasteiger partial charge in [0.2, 0.25) is 10.0 Å². The molecule has 1 unspecified atom stereocenters. The summed E-state index contributed by atoms with van der Waals surface area (Å²) in [4.78, 5) is 0. The third-order valence-electron chi connectivity index (χ3n) is 2.30. The molecule has 0 spiro atoms. The largest absolute Gasteiger partial charge is 0.320 e. The molecule has 1 N–H and O–H groups in total. The minimum absolute atomic E-state index is 0.0691. The van der Waals surface area contributed by atoms with E-state index in [1.807, 2.05) is 20.2 Å². The molecule has 15 heavy (non-hydrogen) atoms. The van der Waals surface area contributed by atoms with Crippen molar-refractivity contribution in [2.75, 3.05) is 38.4 Å². The van der Waals surface area contributed by atoms with Gasteiger partial charge < -0.3 is 5.32 Å². The van der Waals surface area contributed by atoms with Gasteiger partial charge in [-0.1, -0.05) is 0 Å². The van der Waals surface area contributed by atoms with Crippen molar-refractivity contribution in [3.05, 3.63) is 0 Å². The molecule has 0 aliphatic carbocycles. The fourth-order valence-electron chi connectivity index (χ4n) is 1.20. The average Bonchev–Trinajstić information content (AvgIpc) is 2.17. The van der Waals surface area contributed by atoms with E-state index in [0.29, 0.717) is 6.42 Å². The van der Waals surface area contributed by atoms with Gasteiger partial charge in [0.25, 0.3) is 0 Å². The lowest BCUT2D eigenvalue weighted by molar-refractivity contribution is 0.414. The van der Waals surface area contributed by atoms with Crippen molar-refractivity contribution in [1.29, 1.82) is 0 Å². The van der Waals surface area contributed by atoms with Gasteiger partial charge in [-0.3, -0.25) is 0 Å². The molecule has 0 saturated carbocycles. The van der Waals surface area contributed by atoms with Crippen molar-refractivity contribution < 1.29 is 8.42 Å². The smallest absolute Gasteiger partial charge is 0.214 e. The third-order valence-corrected chi connectivity index (χ3v) is 5.15. The average molecular weight is 254 g/mol. The molecule has 0 aliphatic heterocycles. The predicted octanol–water partition coefficient (Wildman–Crippen LogP) is 0.609. The summed E-state index contributed by atoms with van der Waals surface area (Å²) in [6.07, 6.45) is 2.65. The van der Waals surface area contributed by atoms with E-state index >= 15 is 0 Å². The number of nitrogens with one attached hydrogen (secondary N) is 1. The Bertz CT molecular complexity index is 255. The number of nitrogens with zero attached hydrogens (tertiary/aromatic N) is 1. The normalized spacial score (nSPS) is 14.5. The standard InChI is InChI=1S/C9H22N2O2S2/c1-9(8-14-4)11(3)15(12,13)7-5-6-10-2/h9-10H,5-8H2,1-4H3. The quantitative estimate of drug-likeness (QED) is 0.645. The topological polar surface area (TPSA) is 49.4 Å². The maximum atomic E-state index is 11.8. The van der Waals surface area contributed by atoms with Crippen molar-refractivity contribution in [2.24, 2.45) is 0 Å². The summed E-state index contributed by atoms with van der Waals surface area (Å²) in [5.74, 6) is 1.06. The van der Waals surface area contributed by atoms with E-state index in [2.05, 4.69) is 5.32 Å². The summed E-state index contributed by atoms with van der Waals surface area (Å²) in [6.45, 7) is 2.68. The SMILES string of the molecule is CNCCCS(=O)(=O)N(C)C(C)CSC. The maximum absolute atomic E-state index is 11.8. The molecule has 0 amide bonds. The first kappa shape index (κ1) is 15.2. The van der Waals surface area contributed by atoms with Gasteiger partial charge in [-0.25, -0.2) is 12.7 Å². The Hall–Kier alpha value is 0.220. The molecular formula is C9H22N2O2S2. The first-order chi connectivity index (χ1) is 6.95. The van der Waals surface area contributed by atoms with Gasteiger partial charge in [0.05, 0.1) is 5.75 Å². The second-order valence-electron chi connectivity index (χ2n) is 3.59. The Morgan fingerprint density at radius 1 is 1.47 bits per heavy atom. The van der Waals surface area contributed by atoms with Crippen LogP contribution in [0.2, 0.25) is 0 Å². The molecule has 0 bridgehead atoms. The number of hydrogen-bond donors (Lipinski definition) is 1. The molecule has 0 radical (unpaired) electrons. The van der Waals surface area contributed by atoms with Crippen LogP contribution in [0.5, 0.6) is 0 Å². The second kappa shape index (κ2) is 7.49. The molecule has 0 fully saturated rings. The lowest BCUT2D eigenvalue weighted by atomic mass is 10.4. The van der Waals surface area contributed by atoms with Crippen LogP contribution < -0.4 is 5.32 Å². The van der Waals surface area contributed by atoms with Crippen LogP contribution in [-0.4, -0.2) is 57.2 Å². The van der Waals surface area contributed by atoms with E-state index in [1.54, 1.807) is 18.8 Å². The first-order valence-corrected chi connectivity index (χ1v) is 8.05. The molecule has 0 aromatic carbocycles. The molecular weight excluding hydrogens is 232 g/mol. The Labute approximate surface area is 97.9 Å². The highest BCUT2D eigenvalue weighted by Gasteiger charge is 2.21. The molecule has 0 aromatic rings. The van der Waals surface area contributed by atoms with Crippen LogP contribution >= 0.6 is 11.8 Å². The molecule has 92 valence electrons. The summed E-state index contributed by atoms with van der Waals surface area (Å²) in [7, 11) is 0.414. The van der Waals surface area contributed by atoms with Gasteiger partial charge in [0.1, 0.15) is 0 Å². The van der Waals surface area contributed by atoms with Gasteiger partial charge in [-0.2, -0.15) is 11.8 Å². The van der Waals surface area contributed by atoms with E-state index in [0.717, 1.165) is 12.3 Å². The lowest BCUT2D eigenvalue weighted by Crippen LogP contribution is -2.38. The Balaban J connectivity index is 4.19. The predicted molar refractivity (Wildman–Crippen MR) is 67.9 cm³/mol. The minimum atomic E-state index is -3.07. The summed E-state index contributed by atoms with van der Waals surface area (Å²) >= 11 is 1.66. The monoisotopic (exact) mass is 254 g/mol. The summed E-state index contributed by atoms with van der Waals surface area (Å²) in [5.41, 5.74) is 0. The molecule has 6 heteroatoms. The highest BCUT2D eigenvalue weighted by atomic mass is 32.2. The van der Waals surface area contributed by atoms with E-state index in [4.69, 9.17) is 0 Å².